The van der Waals surface area contributed by atoms with Crippen molar-refractivity contribution in [1.82, 2.24) is 4.90 Å². The van der Waals surface area contributed by atoms with Gasteiger partial charge >= 0.3 is 11.9 Å². The van der Waals surface area contributed by atoms with E-state index >= 15 is 0 Å². The van der Waals surface area contributed by atoms with E-state index in [1.807, 2.05) is 0 Å². The number of hydrogen-bond donors (Lipinski definition) is 2. The number of carboxylic acid groups (broad SMARTS) is 2. The van der Waals surface area contributed by atoms with Crippen molar-refractivity contribution in [2.24, 2.45) is 0 Å². The van der Waals surface area contributed by atoms with Crippen molar-refractivity contribution < 1.29 is 24.5 Å². The molecule has 0 saturated heterocycles. The molecule has 0 unspecified atom stereocenters. The average Bonchev–Trinajstić information content (AvgIpc) is 2.27. The molecule has 0 aromatic heterocycles. The maximum Gasteiger partial charge on any atom is 0.317 e. The lowest BCUT2D eigenvalue weighted by atomic mass is 10.2. The molecule has 0 spiro atoms. The lowest BCUT2D eigenvalue weighted by molar-refractivity contribution is -0.142. The molecule has 18 heavy (non-hydrogen) atoms. The lowest BCUT2D eigenvalue weighted by Gasteiger charge is -2.18. The topological polar surface area (TPSA) is 87.1 Å². The fourth-order valence-corrected chi connectivity index (χ4v) is 1.58. The Bertz CT molecular complexity index is 416. The predicted octanol–water partition coefficient (Wildman–Crippen LogP) is 0.666. The molecular formula is C12H15NO5. The third kappa shape index (κ3) is 4.84. The van der Waals surface area contributed by atoms with Gasteiger partial charge in [-0.1, -0.05) is 12.1 Å². The van der Waals surface area contributed by atoms with Gasteiger partial charge in [-0.3, -0.25) is 14.5 Å². The Morgan fingerprint density at radius 2 is 1.83 bits per heavy atom. The van der Waals surface area contributed by atoms with Crippen molar-refractivity contribution in [3.63, 3.8) is 0 Å². The number of rotatable bonds is 7. The summed E-state index contributed by atoms with van der Waals surface area (Å²) in [5.74, 6) is -1.46. The zero-order valence-corrected chi connectivity index (χ0v) is 10.00. The summed E-state index contributed by atoms with van der Waals surface area (Å²) in [5, 5.41) is 17.4. The number of methoxy groups -OCH3 is 1. The number of nitrogens with zero attached hydrogens (tertiary/aromatic N) is 1. The highest BCUT2D eigenvalue weighted by molar-refractivity contribution is 5.72. The Morgan fingerprint density at radius 1 is 1.22 bits per heavy atom. The fraction of sp³-hybridized carbons (Fsp3) is 0.333. The maximum absolute atomic E-state index is 10.6. The van der Waals surface area contributed by atoms with Crippen LogP contribution in [0.3, 0.4) is 0 Å². The quantitative estimate of drug-likeness (QED) is 0.742. The molecule has 0 radical (unpaired) electrons. The molecule has 6 nitrogen and oxygen atoms in total. The minimum atomic E-state index is -1.06. The first-order valence-corrected chi connectivity index (χ1v) is 5.30. The average molecular weight is 253 g/mol. The van der Waals surface area contributed by atoms with E-state index in [4.69, 9.17) is 14.9 Å². The van der Waals surface area contributed by atoms with E-state index < -0.39 is 11.9 Å². The Hall–Kier alpha value is -2.08. The third-order valence-corrected chi connectivity index (χ3v) is 2.26. The molecule has 0 aliphatic carbocycles. The molecule has 0 atom stereocenters. The summed E-state index contributed by atoms with van der Waals surface area (Å²) in [6, 6.07) is 7.08. The fourth-order valence-electron chi connectivity index (χ4n) is 1.58. The van der Waals surface area contributed by atoms with Gasteiger partial charge < -0.3 is 14.9 Å². The SMILES string of the molecule is COc1cccc(CN(CC(=O)O)CC(=O)O)c1. The van der Waals surface area contributed by atoms with Crippen LogP contribution in [0.15, 0.2) is 24.3 Å². The van der Waals surface area contributed by atoms with E-state index in [0.717, 1.165) is 5.56 Å². The van der Waals surface area contributed by atoms with Crippen LogP contribution in [0, 0.1) is 0 Å². The molecule has 0 fully saturated rings. The first-order valence-electron chi connectivity index (χ1n) is 5.30. The van der Waals surface area contributed by atoms with Crippen LogP contribution in [0.5, 0.6) is 5.75 Å². The molecule has 1 aromatic rings. The van der Waals surface area contributed by atoms with Crippen LogP contribution < -0.4 is 4.74 Å². The van der Waals surface area contributed by atoms with Gasteiger partial charge in [0.1, 0.15) is 5.75 Å². The molecule has 6 heteroatoms. The smallest absolute Gasteiger partial charge is 0.317 e. The number of aliphatic carboxylic acids is 2. The Balaban J connectivity index is 2.74. The minimum Gasteiger partial charge on any atom is -0.497 e. The summed E-state index contributed by atoms with van der Waals surface area (Å²) in [5.41, 5.74) is 0.803. The number of benzene rings is 1. The van der Waals surface area contributed by atoms with Crippen LogP contribution in [-0.2, 0) is 16.1 Å². The molecule has 98 valence electrons. The van der Waals surface area contributed by atoms with E-state index in [1.165, 1.54) is 12.0 Å². The monoisotopic (exact) mass is 253 g/mol. The second kappa shape index (κ2) is 6.61. The van der Waals surface area contributed by atoms with Crippen molar-refractivity contribution in [2.45, 2.75) is 6.54 Å². The van der Waals surface area contributed by atoms with Gasteiger partial charge in [-0.2, -0.15) is 0 Å². The molecular weight excluding hydrogens is 238 g/mol. The first-order chi connectivity index (χ1) is 8.51. The van der Waals surface area contributed by atoms with Crippen molar-refractivity contribution in [3.8, 4) is 5.75 Å². The van der Waals surface area contributed by atoms with Crippen LogP contribution in [0.1, 0.15) is 5.56 Å². The van der Waals surface area contributed by atoms with Gasteiger partial charge in [0, 0.05) is 6.54 Å². The first kappa shape index (κ1) is 14.0. The van der Waals surface area contributed by atoms with Gasteiger partial charge in [0.2, 0.25) is 0 Å². The standard InChI is InChI=1S/C12H15NO5/c1-18-10-4-2-3-9(5-10)6-13(7-11(14)15)8-12(16)17/h2-5H,6-8H2,1H3,(H,14,15)(H,16,17). The van der Waals surface area contributed by atoms with Crippen LogP contribution in [0.2, 0.25) is 0 Å². The lowest BCUT2D eigenvalue weighted by Crippen LogP contribution is -2.33. The molecule has 0 bridgehead atoms. The number of hydrogen-bond acceptors (Lipinski definition) is 4. The minimum absolute atomic E-state index is 0.246. The van der Waals surface area contributed by atoms with E-state index in [9.17, 15) is 9.59 Å². The van der Waals surface area contributed by atoms with Crippen LogP contribution in [-0.4, -0.2) is 47.3 Å². The highest BCUT2D eigenvalue weighted by Crippen LogP contribution is 2.14. The molecule has 1 rings (SSSR count). The van der Waals surface area contributed by atoms with Crippen molar-refractivity contribution >= 4 is 11.9 Å². The van der Waals surface area contributed by atoms with Gasteiger partial charge in [0.25, 0.3) is 0 Å². The molecule has 0 aliphatic rings. The van der Waals surface area contributed by atoms with E-state index in [1.54, 1.807) is 24.3 Å². The number of ether oxygens (including phenoxy) is 1. The summed E-state index contributed by atoms with van der Waals surface area (Å²) in [6.45, 7) is -0.386. The Morgan fingerprint density at radius 3 is 2.33 bits per heavy atom. The van der Waals surface area contributed by atoms with Crippen LogP contribution in [0.4, 0.5) is 0 Å². The highest BCUT2D eigenvalue weighted by Gasteiger charge is 2.14. The molecule has 1 aromatic carbocycles. The van der Waals surface area contributed by atoms with E-state index in [2.05, 4.69) is 0 Å². The van der Waals surface area contributed by atoms with Gasteiger partial charge in [0.05, 0.1) is 20.2 Å². The molecule has 0 aliphatic heterocycles. The van der Waals surface area contributed by atoms with Gasteiger partial charge in [-0.25, -0.2) is 0 Å². The van der Waals surface area contributed by atoms with Crippen LogP contribution >= 0.6 is 0 Å². The highest BCUT2D eigenvalue weighted by atomic mass is 16.5. The second-order valence-electron chi connectivity index (χ2n) is 3.78. The summed E-state index contributed by atoms with van der Waals surface area (Å²) >= 11 is 0. The zero-order chi connectivity index (χ0) is 13.5. The summed E-state index contributed by atoms with van der Waals surface area (Å²) in [7, 11) is 1.53. The molecule has 0 heterocycles. The van der Waals surface area contributed by atoms with Gasteiger partial charge in [-0.15, -0.1) is 0 Å². The second-order valence-corrected chi connectivity index (χ2v) is 3.78. The maximum atomic E-state index is 10.6. The Kier molecular flexibility index (Phi) is 5.13. The summed E-state index contributed by atoms with van der Waals surface area (Å²) in [6.07, 6.45) is 0. The predicted molar refractivity (Wildman–Crippen MR) is 63.5 cm³/mol. The van der Waals surface area contributed by atoms with Gasteiger partial charge in [-0.05, 0) is 17.7 Å². The van der Waals surface area contributed by atoms with Crippen molar-refractivity contribution in [2.75, 3.05) is 20.2 Å². The van der Waals surface area contributed by atoms with Crippen molar-refractivity contribution in [3.05, 3.63) is 29.8 Å². The normalized spacial score (nSPS) is 10.3. The summed E-state index contributed by atoms with van der Waals surface area (Å²) < 4.78 is 5.05. The summed E-state index contributed by atoms with van der Waals surface area (Å²) in [4.78, 5) is 22.6. The molecule has 0 amide bonds. The van der Waals surface area contributed by atoms with Crippen LogP contribution in [0.25, 0.3) is 0 Å². The number of carboxylic acids is 2. The van der Waals surface area contributed by atoms with Crippen molar-refractivity contribution in [1.29, 1.82) is 0 Å². The largest absolute Gasteiger partial charge is 0.497 e. The molecule has 0 saturated carbocycles. The van der Waals surface area contributed by atoms with Gasteiger partial charge in [0.15, 0.2) is 0 Å². The Labute approximate surface area is 104 Å². The third-order valence-electron chi connectivity index (χ3n) is 2.26. The molecule has 2 N–H and O–H groups in total. The number of carbonyl (C=O) groups is 2. The van der Waals surface area contributed by atoms with E-state index in [-0.39, 0.29) is 19.6 Å². The zero-order valence-electron chi connectivity index (χ0n) is 10.00. The van der Waals surface area contributed by atoms with E-state index in [0.29, 0.717) is 5.75 Å².